The van der Waals surface area contributed by atoms with Gasteiger partial charge in [-0.05, 0) is 42.8 Å². The van der Waals surface area contributed by atoms with E-state index in [1.54, 1.807) is 31.2 Å². The van der Waals surface area contributed by atoms with Crippen molar-refractivity contribution in [2.75, 3.05) is 6.61 Å². The van der Waals surface area contributed by atoms with Crippen molar-refractivity contribution in [1.82, 2.24) is 5.43 Å². The van der Waals surface area contributed by atoms with Crippen LogP contribution in [0, 0.1) is 0 Å². The minimum absolute atomic E-state index is 0.0359. The molecule has 2 rings (SSSR count). The molecule has 2 aromatic carbocycles. The Hall–Kier alpha value is -3.07. The van der Waals surface area contributed by atoms with E-state index in [0.717, 1.165) is 0 Å². The highest BCUT2D eigenvalue weighted by Gasteiger charge is 2.19. The topological polar surface area (TPSA) is 120 Å². The van der Waals surface area contributed by atoms with Crippen molar-refractivity contribution in [1.29, 1.82) is 0 Å². The summed E-state index contributed by atoms with van der Waals surface area (Å²) in [6, 6.07) is 11.5. The summed E-state index contributed by atoms with van der Waals surface area (Å²) in [5.74, 6) is 0.274. The zero-order valence-electron chi connectivity index (χ0n) is 13.4. The molecule has 0 unspecified atom stereocenters. The normalized spacial score (nSPS) is 11.2. The third kappa shape index (κ3) is 5.21. The van der Waals surface area contributed by atoms with Gasteiger partial charge in [0.05, 0.1) is 12.8 Å². The SMILES string of the molecule is CCOc1cc(/C=N\NC(N)=O)ccc1OS(=O)(=O)c1ccccc1. The van der Waals surface area contributed by atoms with Crippen molar-refractivity contribution in [2.45, 2.75) is 11.8 Å². The van der Waals surface area contributed by atoms with Crippen LogP contribution in [0.25, 0.3) is 0 Å². The summed E-state index contributed by atoms with van der Waals surface area (Å²) in [6.45, 7) is 2.06. The molecule has 25 heavy (non-hydrogen) atoms. The molecule has 0 fully saturated rings. The Kier molecular flexibility index (Phi) is 5.96. The van der Waals surface area contributed by atoms with E-state index in [4.69, 9.17) is 14.7 Å². The van der Waals surface area contributed by atoms with Gasteiger partial charge < -0.3 is 14.7 Å². The summed E-state index contributed by atoms with van der Waals surface area (Å²) >= 11 is 0. The average Bonchev–Trinajstić information content (AvgIpc) is 2.58. The number of carbonyl (C=O) groups is 1. The number of nitrogens with one attached hydrogen (secondary N) is 1. The Morgan fingerprint density at radius 3 is 2.56 bits per heavy atom. The molecule has 0 bridgehead atoms. The lowest BCUT2D eigenvalue weighted by Gasteiger charge is -2.12. The smallest absolute Gasteiger partial charge is 0.339 e. The molecule has 0 spiro atoms. The van der Waals surface area contributed by atoms with Crippen LogP contribution in [0.1, 0.15) is 12.5 Å². The number of urea groups is 1. The van der Waals surface area contributed by atoms with Crippen LogP contribution in [0.2, 0.25) is 0 Å². The lowest BCUT2D eigenvalue weighted by atomic mass is 10.2. The Labute approximate surface area is 145 Å². The van der Waals surface area contributed by atoms with Gasteiger partial charge in [0.15, 0.2) is 11.5 Å². The van der Waals surface area contributed by atoms with Gasteiger partial charge in [-0.25, -0.2) is 10.2 Å². The number of primary amides is 1. The molecule has 132 valence electrons. The highest BCUT2D eigenvalue weighted by Crippen LogP contribution is 2.30. The van der Waals surface area contributed by atoms with Crippen LogP contribution in [0.5, 0.6) is 11.5 Å². The Balaban J connectivity index is 2.28. The van der Waals surface area contributed by atoms with Crippen molar-refractivity contribution >= 4 is 22.4 Å². The second-order valence-electron chi connectivity index (χ2n) is 4.72. The number of carbonyl (C=O) groups excluding carboxylic acids is 1. The minimum atomic E-state index is -3.98. The number of hydrogen-bond acceptors (Lipinski definition) is 6. The van der Waals surface area contributed by atoms with E-state index in [1.165, 1.54) is 30.5 Å². The van der Waals surface area contributed by atoms with Crippen molar-refractivity contribution < 1.29 is 22.1 Å². The largest absolute Gasteiger partial charge is 0.490 e. The number of hydrazone groups is 1. The quantitative estimate of drug-likeness (QED) is 0.442. The van der Waals surface area contributed by atoms with E-state index in [-0.39, 0.29) is 16.4 Å². The monoisotopic (exact) mass is 363 g/mol. The Morgan fingerprint density at radius 1 is 1.20 bits per heavy atom. The standard InChI is InChI=1S/C16H17N3O5S/c1-2-23-15-10-12(11-18-19-16(17)20)8-9-14(15)24-25(21,22)13-6-4-3-5-7-13/h3-11H,2H2,1H3,(H3,17,19,20)/b18-11-. The van der Waals surface area contributed by atoms with Crippen LogP contribution in [-0.2, 0) is 10.1 Å². The van der Waals surface area contributed by atoms with Crippen molar-refractivity contribution in [3.63, 3.8) is 0 Å². The van der Waals surface area contributed by atoms with Crippen molar-refractivity contribution in [2.24, 2.45) is 10.8 Å². The summed E-state index contributed by atoms with van der Waals surface area (Å²) in [7, 11) is -3.98. The maximum absolute atomic E-state index is 12.3. The maximum Gasteiger partial charge on any atom is 0.339 e. The summed E-state index contributed by atoms with van der Waals surface area (Å²) in [4.78, 5) is 10.6. The Bertz CT molecular complexity index is 867. The van der Waals surface area contributed by atoms with Crippen LogP contribution in [0.15, 0.2) is 58.5 Å². The molecule has 8 nitrogen and oxygen atoms in total. The molecule has 0 atom stereocenters. The molecule has 3 N–H and O–H groups in total. The first-order valence-corrected chi connectivity index (χ1v) is 8.68. The van der Waals surface area contributed by atoms with E-state index in [2.05, 4.69) is 10.5 Å². The lowest BCUT2D eigenvalue weighted by molar-refractivity contribution is 0.249. The van der Waals surface area contributed by atoms with Crippen molar-refractivity contribution in [3.8, 4) is 11.5 Å². The van der Waals surface area contributed by atoms with Gasteiger partial charge in [-0.3, -0.25) is 0 Å². The number of ether oxygens (including phenoxy) is 1. The number of rotatable bonds is 7. The first-order valence-electron chi connectivity index (χ1n) is 7.27. The molecule has 0 saturated heterocycles. The van der Waals surface area contributed by atoms with E-state index >= 15 is 0 Å². The highest BCUT2D eigenvalue weighted by molar-refractivity contribution is 7.87. The first-order chi connectivity index (χ1) is 11.9. The summed E-state index contributed by atoms with van der Waals surface area (Å²) in [5.41, 5.74) is 7.53. The highest BCUT2D eigenvalue weighted by atomic mass is 32.2. The second-order valence-corrected chi connectivity index (χ2v) is 6.27. The molecule has 2 aromatic rings. The van der Waals surface area contributed by atoms with E-state index in [1.807, 2.05) is 0 Å². The second kappa shape index (κ2) is 8.15. The molecule has 0 saturated carbocycles. The van der Waals surface area contributed by atoms with Gasteiger partial charge in [-0.15, -0.1) is 0 Å². The summed E-state index contributed by atoms with van der Waals surface area (Å²) < 4.78 is 35.3. The molecular weight excluding hydrogens is 346 g/mol. The van der Waals surface area contributed by atoms with Crippen LogP contribution >= 0.6 is 0 Å². The van der Waals surface area contributed by atoms with Crippen LogP contribution in [0.3, 0.4) is 0 Å². The average molecular weight is 363 g/mol. The fourth-order valence-electron chi connectivity index (χ4n) is 1.87. The number of amides is 2. The molecule has 0 aliphatic heterocycles. The number of hydrogen-bond donors (Lipinski definition) is 2. The third-order valence-electron chi connectivity index (χ3n) is 2.89. The molecule has 0 aromatic heterocycles. The Morgan fingerprint density at radius 2 is 1.92 bits per heavy atom. The molecule has 0 heterocycles. The third-order valence-corrected chi connectivity index (χ3v) is 4.14. The zero-order chi connectivity index (χ0) is 18.3. The van der Waals surface area contributed by atoms with E-state index in [9.17, 15) is 13.2 Å². The number of nitrogens with two attached hydrogens (primary N) is 1. The molecule has 2 amide bonds. The van der Waals surface area contributed by atoms with Crippen LogP contribution < -0.4 is 20.1 Å². The van der Waals surface area contributed by atoms with Crippen LogP contribution in [0.4, 0.5) is 4.79 Å². The number of benzene rings is 2. The van der Waals surface area contributed by atoms with E-state index in [0.29, 0.717) is 12.2 Å². The predicted octanol–water partition coefficient (Wildman–Crippen LogP) is 1.86. The predicted molar refractivity (Wildman–Crippen MR) is 92.2 cm³/mol. The van der Waals surface area contributed by atoms with Gasteiger partial charge >= 0.3 is 16.1 Å². The van der Waals surface area contributed by atoms with Gasteiger partial charge in [0, 0.05) is 0 Å². The molecule has 0 radical (unpaired) electrons. The molecular formula is C16H17N3O5S. The minimum Gasteiger partial charge on any atom is -0.490 e. The fourth-order valence-corrected chi connectivity index (χ4v) is 2.83. The van der Waals surface area contributed by atoms with E-state index < -0.39 is 16.1 Å². The summed E-state index contributed by atoms with van der Waals surface area (Å²) in [5, 5.41) is 3.63. The molecule has 9 heteroatoms. The van der Waals surface area contributed by atoms with Crippen molar-refractivity contribution in [3.05, 3.63) is 54.1 Å². The van der Waals surface area contributed by atoms with Gasteiger partial charge in [0.25, 0.3) is 0 Å². The summed E-state index contributed by atoms with van der Waals surface area (Å²) in [6.07, 6.45) is 1.34. The number of nitrogens with zero attached hydrogens (tertiary/aromatic N) is 1. The first kappa shape index (κ1) is 18.3. The van der Waals surface area contributed by atoms with Gasteiger partial charge in [-0.1, -0.05) is 18.2 Å². The van der Waals surface area contributed by atoms with Gasteiger partial charge in [0.1, 0.15) is 4.90 Å². The van der Waals surface area contributed by atoms with Crippen LogP contribution in [-0.4, -0.2) is 27.3 Å². The molecule has 0 aliphatic rings. The molecule has 0 aliphatic carbocycles. The van der Waals surface area contributed by atoms with Gasteiger partial charge in [0.2, 0.25) is 0 Å². The zero-order valence-corrected chi connectivity index (χ0v) is 14.2. The lowest BCUT2D eigenvalue weighted by Crippen LogP contribution is -2.24. The maximum atomic E-state index is 12.3. The fraction of sp³-hybridized carbons (Fsp3) is 0.125. The van der Waals surface area contributed by atoms with Gasteiger partial charge in [-0.2, -0.15) is 13.5 Å².